The first-order valence-electron chi connectivity index (χ1n) is 10.5. The molecule has 0 fully saturated rings. The Balaban J connectivity index is 1.72. The Bertz CT molecular complexity index is 1120. The van der Waals surface area contributed by atoms with E-state index in [1.54, 1.807) is 19.9 Å². The normalized spacial score (nSPS) is 15.7. The van der Waals surface area contributed by atoms with Crippen LogP contribution in [-0.2, 0) is 9.59 Å². The van der Waals surface area contributed by atoms with Gasteiger partial charge in [-0.25, -0.2) is 4.39 Å². The average Bonchev–Trinajstić information content (AvgIpc) is 3.21. The van der Waals surface area contributed by atoms with Gasteiger partial charge >= 0.3 is 0 Å². The molecule has 3 rings (SSSR count). The monoisotopic (exact) mass is 458 g/mol. The summed E-state index contributed by atoms with van der Waals surface area (Å²) in [7, 11) is 1.45. The lowest BCUT2D eigenvalue weighted by atomic mass is 10.0. The third-order valence-electron chi connectivity index (χ3n) is 5.50. The van der Waals surface area contributed by atoms with Crippen molar-refractivity contribution in [3.8, 4) is 0 Å². The maximum absolute atomic E-state index is 13.7. The lowest BCUT2D eigenvalue weighted by molar-refractivity contribution is -0.122. The highest BCUT2D eigenvalue weighted by molar-refractivity contribution is 6.34. The van der Waals surface area contributed by atoms with Crippen LogP contribution in [0.3, 0.4) is 0 Å². The summed E-state index contributed by atoms with van der Waals surface area (Å²) in [4.78, 5) is 39.5. The minimum atomic E-state index is -1.04. The third kappa shape index (κ3) is 5.47. The van der Waals surface area contributed by atoms with Gasteiger partial charge in [0.1, 0.15) is 5.82 Å². The second kappa shape index (κ2) is 9.97. The summed E-state index contributed by atoms with van der Waals surface area (Å²) in [6.45, 7) is 3.31. The molecule has 2 atom stereocenters. The third-order valence-corrected chi connectivity index (χ3v) is 5.50. The van der Waals surface area contributed by atoms with Crippen molar-refractivity contribution in [1.82, 2.24) is 15.6 Å². The highest BCUT2D eigenvalue weighted by atomic mass is 19.1. The van der Waals surface area contributed by atoms with Crippen molar-refractivity contribution in [3.63, 3.8) is 0 Å². The number of carbonyl (C=O) groups is 3. The minimum Gasteiger partial charge on any atom is -0.392 e. The Kier molecular flexibility index (Phi) is 7.29. The molecule has 0 saturated heterocycles. The van der Waals surface area contributed by atoms with Crippen molar-refractivity contribution in [3.05, 3.63) is 52.1 Å². The van der Waals surface area contributed by atoms with Crippen LogP contribution in [0.1, 0.15) is 45.7 Å². The number of anilines is 1. The van der Waals surface area contributed by atoms with E-state index >= 15 is 0 Å². The lowest BCUT2D eigenvalue weighted by Crippen LogP contribution is -2.35. The summed E-state index contributed by atoms with van der Waals surface area (Å²) >= 11 is 0. The smallest absolute Gasteiger partial charge is 0.256 e. The molecule has 0 radical (unpaired) electrons. The molecule has 1 aromatic carbocycles. The molecule has 9 nitrogen and oxygen atoms in total. The SMILES string of the molecule is CNC(=O)C[C@H](O)C[C@H](O)CNC(=O)c1c(C)[nH]c(/C=C2\C(=O)Nc3ccc(F)cc32)c1C. The number of carbonyl (C=O) groups excluding carboxylic acids is 3. The van der Waals surface area contributed by atoms with Gasteiger partial charge in [0.2, 0.25) is 5.91 Å². The molecule has 33 heavy (non-hydrogen) atoms. The zero-order chi connectivity index (χ0) is 24.3. The number of rotatable bonds is 8. The fraction of sp³-hybridized carbons (Fsp3) is 0.348. The summed E-state index contributed by atoms with van der Waals surface area (Å²) in [5.41, 5.74) is 3.27. The number of nitrogens with one attached hydrogen (secondary N) is 4. The van der Waals surface area contributed by atoms with Gasteiger partial charge in [-0.1, -0.05) is 0 Å². The first kappa shape index (κ1) is 24.1. The van der Waals surface area contributed by atoms with Crippen LogP contribution in [0.25, 0.3) is 11.6 Å². The molecule has 0 spiro atoms. The number of aliphatic hydroxyl groups excluding tert-OH is 2. The van der Waals surface area contributed by atoms with Crippen LogP contribution in [0.15, 0.2) is 18.2 Å². The van der Waals surface area contributed by atoms with E-state index in [0.717, 1.165) is 0 Å². The molecule has 0 unspecified atom stereocenters. The number of hydrogen-bond donors (Lipinski definition) is 6. The molecule has 2 aromatic rings. The Labute approximate surface area is 190 Å². The quantitative estimate of drug-likeness (QED) is 0.330. The predicted molar refractivity (Wildman–Crippen MR) is 121 cm³/mol. The molecule has 6 N–H and O–H groups in total. The number of aliphatic hydroxyl groups is 2. The standard InChI is InChI=1S/C23H27FN4O5/c1-11-19(9-17-16-6-13(24)4-5-18(16)28-22(17)32)27-12(2)21(11)23(33)26-10-15(30)7-14(29)8-20(31)25-3/h4-6,9,14-15,27,29-30H,7-8,10H2,1-3H3,(H,25,31)(H,26,33)(H,28,32)/b17-9-/t14-,15+/m1/s1. The Morgan fingerprint density at radius 2 is 1.94 bits per heavy atom. The number of benzene rings is 1. The van der Waals surface area contributed by atoms with Crippen molar-refractivity contribution in [2.45, 2.75) is 38.9 Å². The summed E-state index contributed by atoms with van der Waals surface area (Å²) in [5.74, 6) is -1.62. The van der Waals surface area contributed by atoms with Crippen molar-refractivity contribution < 1.29 is 29.0 Å². The molecule has 10 heteroatoms. The molecule has 3 amide bonds. The molecule has 1 aliphatic rings. The predicted octanol–water partition coefficient (Wildman–Crippen LogP) is 1.24. The van der Waals surface area contributed by atoms with Crippen LogP contribution >= 0.6 is 0 Å². The van der Waals surface area contributed by atoms with Gasteiger partial charge in [0.15, 0.2) is 0 Å². The number of fused-ring (bicyclic) bond motifs is 1. The van der Waals surface area contributed by atoms with Crippen molar-refractivity contribution in [1.29, 1.82) is 0 Å². The highest BCUT2D eigenvalue weighted by Crippen LogP contribution is 2.34. The summed E-state index contributed by atoms with van der Waals surface area (Å²) in [6, 6.07) is 4.03. The largest absolute Gasteiger partial charge is 0.392 e. The van der Waals surface area contributed by atoms with E-state index in [4.69, 9.17) is 0 Å². The van der Waals surface area contributed by atoms with E-state index in [1.165, 1.54) is 25.2 Å². The van der Waals surface area contributed by atoms with E-state index in [9.17, 15) is 29.0 Å². The fourth-order valence-electron chi connectivity index (χ4n) is 3.80. The second-order valence-electron chi connectivity index (χ2n) is 8.00. The first-order chi connectivity index (χ1) is 15.6. The number of aromatic amines is 1. The maximum atomic E-state index is 13.7. The number of aromatic nitrogens is 1. The summed E-state index contributed by atoms with van der Waals surface area (Å²) < 4.78 is 13.7. The van der Waals surface area contributed by atoms with Crippen molar-refractivity contribution in [2.24, 2.45) is 0 Å². The average molecular weight is 458 g/mol. The maximum Gasteiger partial charge on any atom is 0.256 e. The van der Waals surface area contributed by atoms with Crippen LogP contribution in [0, 0.1) is 19.7 Å². The number of halogens is 1. The van der Waals surface area contributed by atoms with Crippen molar-refractivity contribution >= 4 is 35.1 Å². The van der Waals surface area contributed by atoms with E-state index in [2.05, 4.69) is 20.9 Å². The number of amides is 3. The topological polar surface area (TPSA) is 144 Å². The zero-order valence-electron chi connectivity index (χ0n) is 18.6. The van der Waals surface area contributed by atoms with Gasteiger partial charge in [-0.15, -0.1) is 0 Å². The zero-order valence-corrected chi connectivity index (χ0v) is 18.6. The van der Waals surface area contributed by atoms with Gasteiger partial charge in [0, 0.05) is 42.7 Å². The van der Waals surface area contributed by atoms with Crippen LogP contribution in [0.5, 0.6) is 0 Å². The van der Waals surface area contributed by atoms with E-state index < -0.39 is 23.9 Å². The number of aryl methyl sites for hydroxylation is 1. The molecule has 0 bridgehead atoms. The summed E-state index contributed by atoms with van der Waals surface area (Å²) in [6.07, 6.45) is -0.708. The molecule has 2 heterocycles. The molecule has 1 aromatic heterocycles. The van der Waals surface area contributed by atoms with Gasteiger partial charge in [0.05, 0.1) is 29.8 Å². The molecule has 1 aliphatic heterocycles. The van der Waals surface area contributed by atoms with Crippen LogP contribution in [-0.4, -0.2) is 58.7 Å². The van der Waals surface area contributed by atoms with E-state index in [-0.39, 0.29) is 36.8 Å². The highest BCUT2D eigenvalue weighted by Gasteiger charge is 2.26. The van der Waals surface area contributed by atoms with E-state index in [1.807, 2.05) is 0 Å². The summed E-state index contributed by atoms with van der Waals surface area (Å²) in [5, 5.41) is 27.6. The van der Waals surface area contributed by atoms with Gasteiger partial charge in [-0.3, -0.25) is 14.4 Å². The van der Waals surface area contributed by atoms with Gasteiger partial charge in [-0.05, 0) is 43.7 Å². The minimum absolute atomic E-state index is 0.0682. The lowest BCUT2D eigenvalue weighted by Gasteiger charge is -2.16. The van der Waals surface area contributed by atoms with Gasteiger partial charge in [-0.2, -0.15) is 0 Å². The van der Waals surface area contributed by atoms with Gasteiger partial charge in [0.25, 0.3) is 11.8 Å². The number of hydrogen-bond acceptors (Lipinski definition) is 5. The first-order valence-corrected chi connectivity index (χ1v) is 10.5. The molecule has 0 aliphatic carbocycles. The molecule has 0 saturated carbocycles. The van der Waals surface area contributed by atoms with E-state index in [0.29, 0.717) is 33.8 Å². The van der Waals surface area contributed by atoms with Crippen molar-refractivity contribution in [2.75, 3.05) is 18.9 Å². The van der Waals surface area contributed by atoms with Gasteiger partial charge < -0.3 is 31.1 Å². The van der Waals surface area contributed by atoms with Crippen LogP contribution in [0.4, 0.5) is 10.1 Å². The fourth-order valence-corrected chi connectivity index (χ4v) is 3.80. The Morgan fingerprint density at radius 3 is 2.64 bits per heavy atom. The van der Waals surface area contributed by atoms with Crippen LogP contribution < -0.4 is 16.0 Å². The molecule has 176 valence electrons. The van der Waals surface area contributed by atoms with Crippen LogP contribution in [0.2, 0.25) is 0 Å². The number of H-pyrrole nitrogens is 1. The molecular weight excluding hydrogens is 431 g/mol. The Morgan fingerprint density at radius 1 is 1.21 bits per heavy atom. The molecular formula is C23H27FN4O5. The Hall–Kier alpha value is -3.50. The second-order valence-corrected chi connectivity index (χ2v) is 8.00.